The second-order valence-corrected chi connectivity index (χ2v) is 16.2. The van der Waals surface area contributed by atoms with E-state index in [1.807, 2.05) is 0 Å². The van der Waals surface area contributed by atoms with Crippen molar-refractivity contribution in [1.82, 2.24) is 0 Å². The zero-order valence-corrected chi connectivity index (χ0v) is 34.8. The van der Waals surface area contributed by atoms with Gasteiger partial charge in [-0.25, -0.2) is 0 Å². The summed E-state index contributed by atoms with van der Waals surface area (Å²) in [6.45, 7) is 16.0. The predicted octanol–water partition coefficient (Wildman–Crippen LogP) is 16.4. The van der Waals surface area contributed by atoms with Gasteiger partial charge in [0.1, 0.15) is 0 Å². The molecule has 0 aliphatic heterocycles. The molecule has 0 fully saturated rings. The molecule has 0 saturated carbocycles. The van der Waals surface area contributed by atoms with Gasteiger partial charge < -0.3 is 0 Å². The lowest BCUT2D eigenvalue weighted by Crippen LogP contribution is -2.07. The monoisotopic (exact) mass is 750 g/mol. The minimum atomic E-state index is 0.791. The third-order valence-electron chi connectivity index (χ3n) is 12.3. The molecule has 0 aromatic heterocycles. The zero-order chi connectivity index (χ0) is 40.2. The molecule has 286 valence electrons. The van der Waals surface area contributed by atoms with Crippen molar-refractivity contribution in [3.8, 4) is 44.5 Å². The molecule has 0 spiro atoms. The van der Waals surface area contributed by atoms with Crippen LogP contribution in [0.4, 0.5) is 0 Å². The van der Waals surface area contributed by atoms with Gasteiger partial charge >= 0.3 is 0 Å². The summed E-state index contributed by atoms with van der Waals surface area (Å²) in [5, 5.41) is 0. The summed E-state index contributed by atoms with van der Waals surface area (Å²) >= 11 is 0. The largest absolute Gasteiger partial charge is 0.0958 e. The van der Waals surface area contributed by atoms with Crippen molar-refractivity contribution in [1.29, 1.82) is 0 Å². The maximum atomic E-state index is 4.62. The molecule has 6 aromatic carbocycles. The van der Waals surface area contributed by atoms with Crippen LogP contribution in [0, 0.1) is 13.8 Å². The molecule has 0 atom stereocenters. The van der Waals surface area contributed by atoms with Gasteiger partial charge in [0.2, 0.25) is 0 Å². The van der Waals surface area contributed by atoms with Crippen LogP contribution in [-0.2, 0) is 6.42 Å². The van der Waals surface area contributed by atoms with E-state index in [2.05, 4.69) is 205 Å². The lowest BCUT2D eigenvalue weighted by Gasteiger charge is -2.27. The molecule has 0 heteroatoms. The standard InChI is InChI=1S/C58H54/c1-39(2)54(42(5)48-25-17-27-50(35-48)51-28-18-26-49(36-51)45-23-11-8-12-24-45)37-55-43(6)58(53-30-16-14-20-41(53)4)56(38-57(55)52-29-15-13-19-40(52)3)47-33-31-46(32-34-47)44-21-9-7-10-22-44/h8-9,11-15,17-29,31-36,38H,1,7,10,16,30,37H2,2-6H3/b54-42+. The van der Waals surface area contributed by atoms with Crippen molar-refractivity contribution in [3.05, 3.63) is 221 Å². The highest BCUT2D eigenvalue weighted by Crippen LogP contribution is 2.45. The first kappa shape index (κ1) is 38.6. The first-order chi connectivity index (χ1) is 28.3. The van der Waals surface area contributed by atoms with Crippen LogP contribution in [0.2, 0.25) is 0 Å². The van der Waals surface area contributed by atoms with Gasteiger partial charge in [0.05, 0.1) is 0 Å². The maximum Gasteiger partial charge on any atom is -0.00115 e. The lowest BCUT2D eigenvalue weighted by molar-refractivity contribution is 1.03. The molecule has 0 N–H and O–H groups in total. The van der Waals surface area contributed by atoms with Gasteiger partial charge in [-0.05, 0) is 191 Å². The molecule has 0 amide bonds. The summed E-state index contributed by atoms with van der Waals surface area (Å²) in [6, 6.07) is 49.3. The third kappa shape index (κ3) is 7.98. The molecule has 8 rings (SSSR count). The Balaban J connectivity index is 1.29. The normalized spacial score (nSPS) is 14.3. The molecular weight excluding hydrogens is 697 g/mol. The quantitative estimate of drug-likeness (QED) is 0.122. The van der Waals surface area contributed by atoms with Crippen molar-refractivity contribution in [3.63, 3.8) is 0 Å². The summed E-state index contributed by atoms with van der Waals surface area (Å²) in [5.41, 5.74) is 25.8. The second kappa shape index (κ2) is 17.1. The van der Waals surface area contributed by atoms with E-state index in [0.717, 1.165) is 37.7 Å². The van der Waals surface area contributed by atoms with E-state index in [1.165, 1.54) is 106 Å². The Labute approximate surface area is 347 Å². The van der Waals surface area contributed by atoms with Crippen LogP contribution in [0.1, 0.15) is 79.8 Å². The molecule has 0 heterocycles. The first-order valence-corrected chi connectivity index (χ1v) is 21.0. The van der Waals surface area contributed by atoms with E-state index < -0.39 is 0 Å². The Kier molecular flexibility index (Phi) is 11.4. The van der Waals surface area contributed by atoms with E-state index in [9.17, 15) is 0 Å². The molecule has 58 heavy (non-hydrogen) atoms. The minimum Gasteiger partial charge on any atom is -0.0958 e. The van der Waals surface area contributed by atoms with Crippen LogP contribution >= 0.6 is 0 Å². The molecular formula is C58H54. The number of aryl methyl sites for hydroxylation is 1. The molecule has 0 saturated heterocycles. The minimum absolute atomic E-state index is 0.791. The van der Waals surface area contributed by atoms with E-state index in [1.54, 1.807) is 0 Å². The molecule has 0 bridgehead atoms. The highest BCUT2D eigenvalue weighted by atomic mass is 14.3. The highest BCUT2D eigenvalue weighted by Gasteiger charge is 2.24. The SMILES string of the molecule is C=C(C)/C(Cc1c(-c2ccccc2C)cc(-c2ccc(C3=CCCC=C3)cc2)c(C2=C(C)C=CCC2)c1C)=C(\C)c1cccc(-c2cccc(-c3ccccc3)c2)c1. The molecule has 0 radical (unpaired) electrons. The van der Waals surface area contributed by atoms with Gasteiger partial charge in [0.25, 0.3) is 0 Å². The smallest absolute Gasteiger partial charge is 0.00115 e. The van der Waals surface area contributed by atoms with Crippen LogP contribution < -0.4 is 0 Å². The van der Waals surface area contributed by atoms with Crippen molar-refractivity contribution >= 4 is 16.7 Å². The highest BCUT2D eigenvalue weighted by molar-refractivity contribution is 5.92. The van der Waals surface area contributed by atoms with Gasteiger partial charge in [0.15, 0.2) is 0 Å². The molecule has 0 unspecified atom stereocenters. The van der Waals surface area contributed by atoms with E-state index >= 15 is 0 Å². The molecule has 2 aliphatic carbocycles. The number of allylic oxidation sites excluding steroid dienone is 11. The van der Waals surface area contributed by atoms with Gasteiger partial charge in [-0.3, -0.25) is 0 Å². The number of hydrogen-bond acceptors (Lipinski definition) is 0. The van der Waals surface area contributed by atoms with Gasteiger partial charge in [-0.2, -0.15) is 0 Å². The third-order valence-corrected chi connectivity index (χ3v) is 12.3. The average molecular weight is 751 g/mol. The summed E-state index contributed by atoms with van der Waals surface area (Å²) in [4.78, 5) is 0. The van der Waals surface area contributed by atoms with Crippen LogP contribution in [0.25, 0.3) is 61.2 Å². The summed E-state index contributed by atoms with van der Waals surface area (Å²) in [7, 11) is 0. The summed E-state index contributed by atoms with van der Waals surface area (Å²) in [5.74, 6) is 0. The van der Waals surface area contributed by atoms with Crippen molar-refractivity contribution < 1.29 is 0 Å². The Hall–Kier alpha value is -6.24. The Morgan fingerprint density at radius 3 is 1.91 bits per heavy atom. The summed E-state index contributed by atoms with van der Waals surface area (Å²) in [6.07, 6.45) is 16.7. The fourth-order valence-electron chi connectivity index (χ4n) is 8.99. The number of benzene rings is 6. The topological polar surface area (TPSA) is 0 Å². The number of rotatable bonds is 10. The molecule has 2 aliphatic rings. The van der Waals surface area contributed by atoms with Gasteiger partial charge in [-0.1, -0.05) is 158 Å². The first-order valence-electron chi connectivity index (χ1n) is 21.0. The van der Waals surface area contributed by atoms with Crippen molar-refractivity contribution in [2.24, 2.45) is 0 Å². The maximum absolute atomic E-state index is 4.62. The number of hydrogen-bond donors (Lipinski definition) is 0. The van der Waals surface area contributed by atoms with Crippen LogP contribution in [-0.4, -0.2) is 0 Å². The summed E-state index contributed by atoms with van der Waals surface area (Å²) < 4.78 is 0. The Morgan fingerprint density at radius 1 is 0.552 bits per heavy atom. The van der Waals surface area contributed by atoms with Crippen LogP contribution in [0.15, 0.2) is 187 Å². The van der Waals surface area contributed by atoms with Gasteiger partial charge in [0, 0.05) is 0 Å². The van der Waals surface area contributed by atoms with E-state index in [-0.39, 0.29) is 0 Å². The van der Waals surface area contributed by atoms with Crippen LogP contribution in [0.3, 0.4) is 0 Å². The molecule has 6 aromatic rings. The van der Waals surface area contributed by atoms with Crippen molar-refractivity contribution in [2.75, 3.05) is 0 Å². The van der Waals surface area contributed by atoms with Crippen molar-refractivity contribution in [2.45, 2.75) is 66.7 Å². The van der Waals surface area contributed by atoms with E-state index in [4.69, 9.17) is 0 Å². The Morgan fingerprint density at radius 2 is 1.21 bits per heavy atom. The second-order valence-electron chi connectivity index (χ2n) is 16.2. The van der Waals surface area contributed by atoms with E-state index in [0.29, 0.717) is 0 Å². The Bertz CT molecular complexity index is 2670. The molecule has 0 nitrogen and oxygen atoms in total. The predicted molar refractivity (Wildman–Crippen MR) is 253 cm³/mol. The fraction of sp³-hybridized carbons (Fsp3) is 0.172. The fourth-order valence-corrected chi connectivity index (χ4v) is 8.99. The zero-order valence-electron chi connectivity index (χ0n) is 34.8. The van der Waals surface area contributed by atoms with Gasteiger partial charge in [-0.15, -0.1) is 0 Å². The van der Waals surface area contributed by atoms with Crippen LogP contribution in [0.5, 0.6) is 0 Å². The average Bonchev–Trinajstić information content (AvgIpc) is 3.27. The lowest BCUT2D eigenvalue weighted by atomic mass is 9.77.